The fraction of sp³-hybridized carbons (Fsp3) is 0.250. The average molecular weight is 365 g/mol. The molecule has 2 amide bonds. The molecule has 1 aliphatic rings. The SMILES string of the molecule is N=C(N)c1ccc(CNC(=O)C2CCN2C(=O)C(N)c2ccccc2)cc1. The molecular formula is C20H23N5O2. The van der Waals surface area contributed by atoms with Gasteiger partial charge in [0, 0.05) is 18.7 Å². The summed E-state index contributed by atoms with van der Waals surface area (Å²) in [5.74, 6) is -0.423. The zero-order chi connectivity index (χ0) is 19.4. The summed E-state index contributed by atoms with van der Waals surface area (Å²) in [6.45, 7) is 0.880. The Morgan fingerprint density at radius 3 is 2.37 bits per heavy atom. The van der Waals surface area contributed by atoms with E-state index in [1.54, 1.807) is 12.1 Å². The van der Waals surface area contributed by atoms with Crippen molar-refractivity contribution in [1.82, 2.24) is 10.2 Å². The third kappa shape index (κ3) is 4.15. The Morgan fingerprint density at radius 1 is 1.15 bits per heavy atom. The fourth-order valence-corrected chi connectivity index (χ4v) is 3.01. The molecule has 1 saturated heterocycles. The van der Waals surface area contributed by atoms with Gasteiger partial charge in [-0.15, -0.1) is 0 Å². The van der Waals surface area contributed by atoms with Crippen LogP contribution in [0.3, 0.4) is 0 Å². The van der Waals surface area contributed by atoms with Gasteiger partial charge in [0.25, 0.3) is 0 Å². The molecule has 140 valence electrons. The number of benzene rings is 2. The second kappa shape index (κ2) is 8.01. The molecule has 2 atom stereocenters. The number of nitrogens with one attached hydrogen (secondary N) is 2. The summed E-state index contributed by atoms with van der Waals surface area (Å²) in [7, 11) is 0. The molecule has 0 spiro atoms. The minimum Gasteiger partial charge on any atom is -0.384 e. The van der Waals surface area contributed by atoms with Crippen LogP contribution in [0.1, 0.15) is 29.2 Å². The molecule has 2 unspecified atom stereocenters. The van der Waals surface area contributed by atoms with E-state index in [0.717, 1.165) is 11.1 Å². The molecule has 3 rings (SSSR count). The molecule has 0 bridgehead atoms. The van der Waals surface area contributed by atoms with Crippen LogP contribution in [0.4, 0.5) is 0 Å². The second-order valence-electron chi connectivity index (χ2n) is 6.55. The summed E-state index contributed by atoms with van der Waals surface area (Å²) < 4.78 is 0. The molecule has 0 aromatic heterocycles. The van der Waals surface area contributed by atoms with Crippen LogP contribution in [0.15, 0.2) is 54.6 Å². The average Bonchev–Trinajstić information content (AvgIpc) is 2.65. The lowest BCUT2D eigenvalue weighted by molar-refractivity contribution is -0.148. The minimum absolute atomic E-state index is 0.00367. The number of carbonyl (C=O) groups is 2. The first-order valence-corrected chi connectivity index (χ1v) is 8.79. The van der Waals surface area contributed by atoms with Crippen molar-refractivity contribution in [3.05, 3.63) is 71.3 Å². The lowest BCUT2D eigenvalue weighted by Crippen LogP contribution is -2.59. The first kappa shape index (κ1) is 18.6. The predicted octanol–water partition coefficient (Wildman–Crippen LogP) is 0.888. The third-order valence-corrected chi connectivity index (χ3v) is 4.76. The van der Waals surface area contributed by atoms with Gasteiger partial charge in [-0.1, -0.05) is 54.6 Å². The zero-order valence-electron chi connectivity index (χ0n) is 14.9. The number of hydrogen-bond donors (Lipinski definition) is 4. The molecule has 0 radical (unpaired) electrons. The number of amidine groups is 1. The van der Waals surface area contributed by atoms with Gasteiger partial charge >= 0.3 is 0 Å². The lowest BCUT2D eigenvalue weighted by Gasteiger charge is -2.41. The van der Waals surface area contributed by atoms with Crippen molar-refractivity contribution in [2.45, 2.75) is 25.0 Å². The smallest absolute Gasteiger partial charge is 0.244 e. The van der Waals surface area contributed by atoms with Crippen LogP contribution in [-0.2, 0) is 16.1 Å². The van der Waals surface area contributed by atoms with Crippen molar-refractivity contribution < 1.29 is 9.59 Å². The number of nitrogens with two attached hydrogens (primary N) is 2. The first-order valence-electron chi connectivity index (χ1n) is 8.79. The monoisotopic (exact) mass is 365 g/mol. The number of nitrogen functional groups attached to an aromatic ring is 1. The van der Waals surface area contributed by atoms with E-state index < -0.39 is 12.1 Å². The summed E-state index contributed by atoms with van der Waals surface area (Å²) in [5, 5.41) is 10.2. The Hall–Kier alpha value is -3.19. The van der Waals surface area contributed by atoms with Crippen molar-refractivity contribution in [3.63, 3.8) is 0 Å². The van der Waals surface area contributed by atoms with Crippen LogP contribution >= 0.6 is 0 Å². The number of nitrogens with zero attached hydrogens (tertiary/aromatic N) is 1. The van der Waals surface area contributed by atoms with E-state index in [0.29, 0.717) is 25.1 Å². The summed E-state index contributed by atoms with van der Waals surface area (Å²) in [6, 6.07) is 15.0. The third-order valence-electron chi connectivity index (χ3n) is 4.76. The van der Waals surface area contributed by atoms with Crippen LogP contribution in [-0.4, -0.2) is 35.1 Å². The second-order valence-corrected chi connectivity index (χ2v) is 6.55. The normalized spacial score (nSPS) is 16.9. The highest BCUT2D eigenvalue weighted by Crippen LogP contribution is 2.23. The molecule has 7 heteroatoms. The Balaban J connectivity index is 1.56. The highest BCUT2D eigenvalue weighted by molar-refractivity contribution is 5.95. The van der Waals surface area contributed by atoms with E-state index in [2.05, 4.69) is 5.32 Å². The number of likely N-dealkylation sites (tertiary alicyclic amines) is 1. The topological polar surface area (TPSA) is 125 Å². The van der Waals surface area contributed by atoms with Crippen LogP contribution in [0, 0.1) is 5.41 Å². The maximum Gasteiger partial charge on any atom is 0.244 e. The standard InChI is InChI=1S/C20H23N5O2/c21-17(14-4-2-1-3-5-14)20(27)25-11-10-16(25)19(26)24-12-13-6-8-15(9-7-13)18(22)23/h1-9,16-17H,10-12,21H2,(H3,22,23)(H,24,26). The molecule has 0 aliphatic carbocycles. The largest absolute Gasteiger partial charge is 0.384 e. The summed E-state index contributed by atoms with van der Waals surface area (Å²) in [6.07, 6.45) is 0.627. The first-order chi connectivity index (χ1) is 13.0. The van der Waals surface area contributed by atoms with E-state index in [1.165, 1.54) is 4.90 Å². The van der Waals surface area contributed by atoms with Gasteiger partial charge in [0.1, 0.15) is 17.9 Å². The molecule has 7 nitrogen and oxygen atoms in total. The van der Waals surface area contributed by atoms with Gasteiger partial charge in [-0.2, -0.15) is 0 Å². The maximum atomic E-state index is 12.6. The van der Waals surface area contributed by atoms with E-state index in [4.69, 9.17) is 16.9 Å². The lowest BCUT2D eigenvalue weighted by atomic mass is 9.98. The highest BCUT2D eigenvalue weighted by Gasteiger charge is 2.39. The molecule has 1 fully saturated rings. The van der Waals surface area contributed by atoms with E-state index in [-0.39, 0.29) is 17.6 Å². The predicted molar refractivity (Wildman–Crippen MR) is 103 cm³/mol. The number of amides is 2. The highest BCUT2D eigenvalue weighted by atomic mass is 16.2. The molecule has 0 saturated carbocycles. The van der Waals surface area contributed by atoms with Crippen molar-refractivity contribution in [1.29, 1.82) is 5.41 Å². The summed E-state index contributed by atoms with van der Waals surface area (Å²) in [5.41, 5.74) is 13.8. The van der Waals surface area contributed by atoms with Crippen molar-refractivity contribution in [2.75, 3.05) is 6.54 Å². The summed E-state index contributed by atoms with van der Waals surface area (Å²) in [4.78, 5) is 26.6. The van der Waals surface area contributed by atoms with E-state index in [9.17, 15) is 9.59 Å². The summed E-state index contributed by atoms with van der Waals surface area (Å²) >= 11 is 0. The van der Waals surface area contributed by atoms with Gasteiger partial charge in [0.2, 0.25) is 11.8 Å². The fourth-order valence-electron chi connectivity index (χ4n) is 3.01. The van der Waals surface area contributed by atoms with Crippen molar-refractivity contribution in [2.24, 2.45) is 11.5 Å². The Bertz CT molecular complexity index is 835. The van der Waals surface area contributed by atoms with Gasteiger partial charge in [-0.25, -0.2) is 0 Å². The van der Waals surface area contributed by atoms with Gasteiger partial charge in [0.05, 0.1) is 0 Å². The van der Waals surface area contributed by atoms with Crippen molar-refractivity contribution >= 4 is 17.6 Å². The van der Waals surface area contributed by atoms with Crippen LogP contribution < -0.4 is 16.8 Å². The van der Waals surface area contributed by atoms with E-state index in [1.807, 2.05) is 42.5 Å². The van der Waals surface area contributed by atoms with Crippen molar-refractivity contribution in [3.8, 4) is 0 Å². The molecule has 1 heterocycles. The quantitative estimate of drug-likeness (QED) is 0.448. The van der Waals surface area contributed by atoms with Gasteiger partial charge < -0.3 is 21.7 Å². The molecule has 27 heavy (non-hydrogen) atoms. The number of carbonyl (C=O) groups excluding carboxylic acids is 2. The van der Waals surface area contributed by atoms with Crippen LogP contribution in [0.5, 0.6) is 0 Å². The van der Waals surface area contributed by atoms with Crippen LogP contribution in [0.25, 0.3) is 0 Å². The Morgan fingerprint density at radius 2 is 1.81 bits per heavy atom. The number of rotatable bonds is 6. The molecule has 6 N–H and O–H groups in total. The maximum absolute atomic E-state index is 12.6. The Kier molecular flexibility index (Phi) is 5.52. The molecule has 2 aromatic carbocycles. The molecular weight excluding hydrogens is 342 g/mol. The zero-order valence-corrected chi connectivity index (χ0v) is 14.9. The minimum atomic E-state index is -0.763. The molecule has 1 aliphatic heterocycles. The van der Waals surface area contributed by atoms with Crippen LogP contribution in [0.2, 0.25) is 0 Å². The number of hydrogen-bond acceptors (Lipinski definition) is 4. The van der Waals surface area contributed by atoms with Gasteiger partial charge in [-0.05, 0) is 17.5 Å². The molecule has 2 aromatic rings. The Labute approximate surface area is 157 Å². The van der Waals surface area contributed by atoms with Gasteiger partial charge in [-0.3, -0.25) is 15.0 Å². The van der Waals surface area contributed by atoms with E-state index >= 15 is 0 Å². The van der Waals surface area contributed by atoms with Gasteiger partial charge in [0.15, 0.2) is 0 Å².